The number of anilines is 1. The third-order valence-electron chi connectivity index (χ3n) is 3.76. The van der Waals surface area contributed by atoms with Crippen LogP contribution in [0.15, 0.2) is 48.7 Å². The van der Waals surface area contributed by atoms with Crippen LogP contribution in [0.3, 0.4) is 0 Å². The fraction of sp³-hybridized carbons (Fsp3) is 0.0588. The zero-order valence-corrected chi connectivity index (χ0v) is 13.3. The molecule has 0 radical (unpaired) electrons. The van der Waals surface area contributed by atoms with E-state index in [0.29, 0.717) is 11.5 Å². The number of phenolic OH excluding ortho intramolecular Hbond substituents is 1. The summed E-state index contributed by atoms with van der Waals surface area (Å²) in [5.41, 5.74) is -2.97. The number of phenols is 1. The number of amides is 1. The van der Waals surface area contributed by atoms with Gasteiger partial charge < -0.3 is 10.4 Å². The van der Waals surface area contributed by atoms with Gasteiger partial charge >= 0.3 is 6.18 Å². The van der Waals surface area contributed by atoms with E-state index >= 15 is 0 Å². The molecule has 10 heteroatoms. The smallest absolute Gasteiger partial charge is 0.418 e. The Morgan fingerprint density at radius 1 is 1.19 bits per heavy atom. The van der Waals surface area contributed by atoms with Crippen molar-refractivity contribution in [2.45, 2.75) is 6.18 Å². The Balaban J connectivity index is 2.01. The molecule has 1 aromatic heterocycles. The van der Waals surface area contributed by atoms with Gasteiger partial charge in [-0.25, -0.2) is 0 Å². The Morgan fingerprint density at radius 3 is 2.59 bits per heavy atom. The molecule has 3 rings (SSSR count). The third kappa shape index (κ3) is 3.50. The molecule has 0 saturated heterocycles. The number of carbonyl (C=O) groups is 1. The predicted octanol–water partition coefficient (Wildman–Crippen LogP) is 4.12. The monoisotopic (exact) mass is 377 g/mol. The van der Waals surface area contributed by atoms with Crippen LogP contribution in [0.4, 0.5) is 24.5 Å². The molecule has 0 fully saturated rings. The highest BCUT2D eigenvalue weighted by atomic mass is 19.4. The van der Waals surface area contributed by atoms with Gasteiger partial charge in [-0.15, -0.1) is 0 Å². The van der Waals surface area contributed by atoms with Crippen LogP contribution in [-0.4, -0.2) is 20.9 Å². The number of non-ortho nitro benzene ring substituents is 1. The fourth-order valence-corrected chi connectivity index (χ4v) is 2.49. The molecule has 0 spiro atoms. The zero-order chi connectivity index (χ0) is 19.8. The summed E-state index contributed by atoms with van der Waals surface area (Å²) in [4.78, 5) is 26.1. The minimum Gasteiger partial charge on any atom is -0.505 e. The van der Waals surface area contributed by atoms with Crippen LogP contribution in [-0.2, 0) is 6.18 Å². The second-order valence-electron chi connectivity index (χ2n) is 5.48. The molecule has 0 atom stereocenters. The molecule has 7 nitrogen and oxygen atoms in total. The average molecular weight is 377 g/mol. The van der Waals surface area contributed by atoms with Gasteiger partial charge in [-0.05, 0) is 18.2 Å². The number of pyridine rings is 1. The van der Waals surface area contributed by atoms with Crippen molar-refractivity contribution in [3.8, 4) is 5.75 Å². The summed E-state index contributed by atoms with van der Waals surface area (Å²) >= 11 is 0. The van der Waals surface area contributed by atoms with E-state index in [0.717, 1.165) is 12.1 Å². The number of nitro groups is 1. The zero-order valence-electron chi connectivity index (χ0n) is 13.3. The normalized spacial score (nSPS) is 11.4. The molecule has 0 aliphatic heterocycles. The first-order valence-electron chi connectivity index (χ1n) is 7.42. The first-order valence-corrected chi connectivity index (χ1v) is 7.42. The van der Waals surface area contributed by atoms with Crippen LogP contribution < -0.4 is 5.32 Å². The van der Waals surface area contributed by atoms with E-state index in [1.807, 2.05) is 5.32 Å². The van der Waals surface area contributed by atoms with Crippen LogP contribution >= 0.6 is 0 Å². The first-order chi connectivity index (χ1) is 12.7. The van der Waals surface area contributed by atoms with Crippen molar-refractivity contribution in [2.24, 2.45) is 0 Å². The Bertz CT molecular complexity index is 1070. The highest BCUT2D eigenvalue weighted by Gasteiger charge is 2.36. The number of hydrogen-bond donors (Lipinski definition) is 2. The molecular formula is C17H10F3N3O4. The predicted molar refractivity (Wildman–Crippen MR) is 89.5 cm³/mol. The summed E-state index contributed by atoms with van der Waals surface area (Å²) < 4.78 is 39.6. The summed E-state index contributed by atoms with van der Waals surface area (Å²) in [6, 6.07) is 7.94. The molecule has 3 aromatic rings. The van der Waals surface area contributed by atoms with Crippen LogP contribution in [0.2, 0.25) is 0 Å². The molecule has 0 saturated carbocycles. The summed E-state index contributed by atoms with van der Waals surface area (Å²) in [7, 11) is 0. The summed E-state index contributed by atoms with van der Waals surface area (Å²) in [5, 5.41) is 23.5. The second kappa shape index (κ2) is 6.56. The van der Waals surface area contributed by atoms with Gasteiger partial charge in [-0.2, -0.15) is 13.2 Å². The summed E-state index contributed by atoms with van der Waals surface area (Å²) in [6.45, 7) is 0. The number of nitrogens with one attached hydrogen (secondary N) is 1. The number of halogens is 3. The fourth-order valence-electron chi connectivity index (χ4n) is 2.49. The third-order valence-corrected chi connectivity index (χ3v) is 3.76. The van der Waals surface area contributed by atoms with Gasteiger partial charge in [-0.1, -0.05) is 12.1 Å². The van der Waals surface area contributed by atoms with E-state index in [2.05, 4.69) is 4.98 Å². The summed E-state index contributed by atoms with van der Waals surface area (Å²) in [6.07, 6.45) is -3.54. The maximum atomic E-state index is 13.2. The van der Waals surface area contributed by atoms with Gasteiger partial charge in [0.1, 0.15) is 5.52 Å². The molecule has 0 aliphatic carbocycles. The number of aromatic hydroxyl groups is 1. The van der Waals surface area contributed by atoms with E-state index in [9.17, 15) is 33.2 Å². The molecule has 1 amide bonds. The minimum absolute atomic E-state index is 0.116. The van der Waals surface area contributed by atoms with Crippen molar-refractivity contribution in [1.82, 2.24) is 4.98 Å². The lowest BCUT2D eigenvalue weighted by Gasteiger charge is -2.14. The number of benzene rings is 2. The molecule has 1 heterocycles. The van der Waals surface area contributed by atoms with E-state index in [1.165, 1.54) is 18.3 Å². The number of aromatic nitrogens is 1. The number of rotatable bonds is 3. The van der Waals surface area contributed by atoms with E-state index in [-0.39, 0.29) is 11.1 Å². The number of hydrogen-bond acceptors (Lipinski definition) is 5. The molecule has 138 valence electrons. The number of alkyl halides is 3. The minimum atomic E-state index is -4.93. The lowest BCUT2D eigenvalue weighted by Crippen LogP contribution is -2.17. The largest absolute Gasteiger partial charge is 0.505 e. The maximum absolute atomic E-state index is 13.2. The molecule has 2 N–H and O–H groups in total. The number of carbonyl (C=O) groups excluding carboxylic acids is 1. The molecular weight excluding hydrogens is 367 g/mol. The highest BCUT2D eigenvalue weighted by molar-refractivity contribution is 6.09. The van der Waals surface area contributed by atoms with Crippen molar-refractivity contribution in [2.75, 3.05) is 5.32 Å². The number of nitrogens with zero attached hydrogens (tertiary/aromatic N) is 2. The van der Waals surface area contributed by atoms with Gasteiger partial charge in [-0.3, -0.25) is 19.9 Å². The van der Waals surface area contributed by atoms with Crippen LogP contribution in [0.1, 0.15) is 15.9 Å². The Labute approximate surface area is 149 Å². The molecule has 0 bridgehead atoms. The van der Waals surface area contributed by atoms with Gasteiger partial charge in [0.05, 0.1) is 21.7 Å². The average Bonchev–Trinajstić information content (AvgIpc) is 2.61. The van der Waals surface area contributed by atoms with Crippen molar-refractivity contribution in [3.05, 3.63) is 69.9 Å². The van der Waals surface area contributed by atoms with Crippen LogP contribution in [0, 0.1) is 10.1 Å². The van der Waals surface area contributed by atoms with Crippen molar-refractivity contribution >= 4 is 28.2 Å². The van der Waals surface area contributed by atoms with Crippen molar-refractivity contribution in [3.63, 3.8) is 0 Å². The lowest BCUT2D eigenvalue weighted by atomic mass is 10.1. The van der Waals surface area contributed by atoms with Gasteiger partial charge in [0.25, 0.3) is 11.6 Å². The highest BCUT2D eigenvalue weighted by Crippen LogP contribution is 2.37. The van der Waals surface area contributed by atoms with Gasteiger partial charge in [0.2, 0.25) is 0 Å². The van der Waals surface area contributed by atoms with Gasteiger partial charge in [0, 0.05) is 23.7 Å². The van der Waals surface area contributed by atoms with E-state index in [1.54, 1.807) is 12.1 Å². The molecule has 0 aliphatic rings. The molecule has 2 aromatic carbocycles. The van der Waals surface area contributed by atoms with Crippen LogP contribution in [0.25, 0.3) is 10.9 Å². The Morgan fingerprint density at radius 2 is 1.93 bits per heavy atom. The molecule has 27 heavy (non-hydrogen) atoms. The SMILES string of the molecule is O=C(Nc1ccc([N+](=O)[O-])cc1C(F)(F)F)c1ccc2cccnc2c1O. The quantitative estimate of drug-likeness (QED) is 0.528. The van der Waals surface area contributed by atoms with Gasteiger partial charge in [0.15, 0.2) is 5.75 Å². The Kier molecular flexibility index (Phi) is 4.40. The lowest BCUT2D eigenvalue weighted by molar-refractivity contribution is -0.385. The molecule has 0 unspecified atom stereocenters. The van der Waals surface area contributed by atoms with Crippen molar-refractivity contribution in [1.29, 1.82) is 0 Å². The van der Waals surface area contributed by atoms with Crippen LogP contribution in [0.5, 0.6) is 5.75 Å². The topological polar surface area (TPSA) is 105 Å². The number of fused-ring (bicyclic) bond motifs is 1. The maximum Gasteiger partial charge on any atom is 0.418 e. The summed E-state index contributed by atoms with van der Waals surface area (Å²) in [5.74, 6) is -1.50. The Hall–Kier alpha value is -3.69. The van der Waals surface area contributed by atoms with E-state index in [4.69, 9.17) is 0 Å². The van der Waals surface area contributed by atoms with E-state index < -0.39 is 39.7 Å². The standard InChI is InChI=1S/C17H10F3N3O4/c18-17(19,20)12-8-10(23(26)27)4-6-13(12)22-16(25)11-5-3-9-2-1-7-21-14(9)15(11)24/h1-8,24H,(H,22,25). The first kappa shape index (κ1) is 18.1. The number of nitro benzene ring substituents is 1. The van der Waals surface area contributed by atoms with Crippen molar-refractivity contribution < 1.29 is 28.0 Å². The second-order valence-corrected chi connectivity index (χ2v) is 5.48.